The molecule has 5 heteroatoms. The summed E-state index contributed by atoms with van der Waals surface area (Å²) in [5.41, 5.74) is 3.33. The van der Waals surface area contributed by atoms with E-state index in [4.69, 9.17) is 14.2 Å². The van der Waals surface area contributed by atoms with Crippen LogP contribution in [-0.4, -0.2) is 25.2 Å². The lowest BCUT2D eigenvalue weighted by molar-refractivity contribution is 0.283. The Morgan fingerprint density at radius 2 is 1.86 bits per heavy atom. The Bertz CT molecular complexity index is 869. The molecule has 1 aromatic heterocycles. The number of benzene rings is 2. The van der Waals surface area contributed by atoms with E-state index in [1.807, 2.05) is 48.5 Å². The van der Waals surface area contributed by atoms with Gasteiger partial charge in [0.25, 0.3) is 0 Å². The van der Waals surface area contributed by atoms with Crippen molar-refractivity contribution in [2.75, 3.05) is 20.3 Å². The van der Waals surface area contributed by atoms with E-state index < -0.39 is 0 Å². The van der Waals surface area contributed by atoms with Crippen LogP contribution in [0.1, 0.15) is 16.7 Å². The van der Waals surface area contributed by atoms with Gasteiger partial charge in [0.1, 0.15) is 19.0 Å². The summed E-state index contributed by atoms with van der Waals surface area (Å²) >= 11 is 0. The normalized spacial score (nSPS) is 10.5. The maximum atomic E-state index is 5.93. The predicted octanol–water partition coefficient (Wildman–Crippen LogP) is 4.15. The zero-order valence-corrected chi connectivity index (χ0v) is 16.4. The van der Waals surface area contributed by atoms with Crippen LogP contribution in [0.3, 0.4) is 0 Å². The van der Waals surface area contributed by atoms with E-state index in [2.05, 4.69) is 23.3 Å². The molecule has 0 bridgehead atoms. The topological polar surface area (TPSA) is 52.6 Å². The molecule has 0 amide bonds. The standard InChI is InChI=1S/C23H26N2O3/c1-18-5-3-7-21(13-18)27-12-11-25-15-19-8-9-22(26-2)23(14-19)28-17-20-6-4-10-24-16-20/h3-10,13-14,16,25H,11-12,15,17H2,1-2H3. The molecule has 0 aliphatic carbocycles. The number of aryl methyl sites for hydroxylation is 1. The van der Waals surface area contributed by atoms with Crippen molar-refractivity contribution in [2.24, 2.45) is 0 Å². The quantitative estimate of drug-likeness (QED) is 0.537. The molecule has 0 unspecified atom stereocenters. The molecule has 1 heterocycles. The van der Waals surface area contributed by atoms with Crippen molar-refractivity contribution in [3.63, 3.8) is 0 Å². The number of hydrogen-bond donors (Lipinski definition) is 1. The van der Waals surface area contributed by atoms with Crippen molar-refractivity contribution in [3.05, 3.63) is 83.7 Å². The number of methoxy groups -OCH3 is 1. The van der Waals surface area contributed by atoms with Crippen LogP contribution in [0, 0.1) is 6.92 Å². The summed E-state index contributed by atoms with van der Waals surface area (Å²) in [4.78, 5) is 4.11. The van der Waals surface area contributed by atoms with Crippen molar-refractivity contribution >= 4 is 0 Å². The monoisotopic (exact) mass is 378 g/mol. The minimum Gasteiger partial charge on any atom is -0.493 e. The number of nitrogens with zero attached hydrogens (tertiary/aromatic N) is 1. The number of pyridine rings is 1. The van der Waals surface area contributed by atoms with Gasteiger partial charge in [0, 0.05) is 31.0 Å². The molecule has 0 aliphatic rings. The molecule has 1 N–H and O–H groups in total. The molecule has 0 aliphatic heterocycles. The largest absolute Gasteiger partial charge is 0.493 e. The third kappa shape index (κ3) is 5.99. The summed E-state index contributed by atoms with van der Waals surface area (Å²) in [5.74, 6) is 2.34. The molecule has 0 atom stereocenters. The van der Waals surface area contributed by atoms with Crippen LogP contribution >= 0.6 is 0 Å². The Hall–Kier alpha value is -3.05. The summed E-state index contributed by atoms with van der Waals surface area (Å²) in [6.07, 6.45) is 3.55. The van der Waals surface area contributed by atoms with E-state index in [0.29, 0.717) is 13.2 Å². The van der Waals surface area contributed by atoms with E-state index in [9.17, 15) is 0 Å². The van der Waals surface area contributed by atoms with Crippen molar-refractivity contribution in [1.82, 2.24) is 10.3 Å². The number of hydrogen-bond acceptors (Lipinski definition) is 5. The van der Waals surface area contributed by atoms with E-state index in [1.165, 1.54) is 5.56 Å². The molecule has 0 radical (unpaired) electrons. The van der Waals surface area contributed by atoms with Gasteiger partial charge in [-0.3, -0.25) is 4.98 Å². The first-order chi connectivity index (χ1) is 13.7. The first-order valence-corrected chi connectivity index (χ1v) is 9.33. The van der Waals surface area contributed by atoms with Gasteiger partial charge in [0.15, 0.2) is 11.5 Å². The van der Waals surface area contributed by atoms with Gasteiger partial charge in [-0.1, -0.05) is 24.3 Å². The first kappa shape index (κ1) is 19.7. The molecule has 146 valence electrons. The predicted molar refractivity (Wildman–Crippen MR) is 110 cm³/mol. The summed E-state index contributed by atoms with van der Waals surface area (Å²) in [6.45, 7) is 4.61. The maximum absolute atomic E-state index is 5.93. The molecular formula is C23H26N2O3. The Morgan fingerprint density at radius 1 is 0.929 bits per heavy atom. The van der Waals surface area contributed by atoms with Crippen molar-refractivity contribution in [3.8, 4) is 17.2 Å². The molecule has 0 saturated heterocycles. The van der Waals surface area contributed by atoms with Crippen LogP contribution in [0.15, 0.2) is 67.0 Å². The van der Waals surface area contributed by atoms with Crippen molar-refractivity contribution in [1.29, 1.82) is 0 Å². The summed E-state index contributed by atoms with van der Waals surface area (Å²) < 4.78 is 17.1. The zero-order chi connectivity index (χ0) is 19.6. The molecule has 28 heavy (non-hydrogen) atoms. The number of rotatable bonds is 10. The van der Waals surface area contributed by atoms with Crippen LogP contribution in [0.25, 0.3) is 0 Å². The summed E-state index contributed by atoms with van der Waals surface area (Å²) in [5, 5.41) is 3.39. The second-order valence-corrected chi connectivity index (χ2v) is 6.48. The number of aromatic nitrogens is 1. The van der Waals surface area contributed by atoms with E-state index in [1.54, 1.807) is 19.5 Å². The van der Waals surface area contributed by atoms with E-state index >= 15 is 0 Å². The lowest BCUT2D eigenvalue weighted by Crippen LogP contribution is -2.20. The van der Waals surface area contributed by atoms with Gasteiger partial charge in [-0.05, 0) is 48.4 Å². The highest BCUT2D eigenvalue weighted by Crippen LogP contribution is 2.28. The van der Waals surface area contributed by atoms with Gasteiger partial charge in [0.2, 0.25) is 0 Å². The fraction of sp³-hybridized carbons (Fsp3) is 0.261. The van der Waals surface area contributed by atoms with Gasteiger partial charge >= 0.3 is 0 Å². The average Bonchev–Trinajstić information content (AvgIpc) is 2.73. The molecular weight excluding hydrogens is 352 g/mol. The van der Waals surface area contributed by atoms with Crippen LogP contribution in [-0.2, 0) is 13.2 Å². The van der Waals surface area contributed by atoms with Crippen LogP contribution in [0.4, 0.5) is 0 Å². The Balaban J connectivity index is 1.48. The second-order valence-electron chi connectivity index (χ2n) is 6.48. The summed E-state index contributed by atoms with van der Waals surface area (Å²) in [6, 6.07) is 17.9. The smallest absolute Gasteiger partial charge is 0.161 e. The molecule has 3 rings (SSSR count). The SMILES string of the molecule is COc1ccc(CNCCOc2cccc(C)c2)cc1OCc1cccnc1. The zero-order valence-electron chi connectivity index (χ0n) is 16.4. The van der Waals surface area contributed by atoms with Crippen molar-refractivity contribution < 1.29 is 14.2 Å². The van der Waals surface area contributed by atoms with Crippen LogP contribution < -0.4 is 19.5 Å². The van der Waals surface area contributed by atoms with Gasteiger partial charge in [-0.15, -0.1) is 0 Å². The second kappa shape index (κ2) is 10.3. The van der Waals surface area contributed by atoms with Crippen LogP contribution in [0.2, 0.25) is 0 Å². The highest BCUT2D eigenvalue weighted by molar-refractivity contribution is 5.43. The Morgan fingerprint density at radius 3 is 2.64 bits per heavy atom. The lowest BCUT2D eigenvalue weighted by Gasteiger charge is -2.13. The van der Waals surface area contributed by atoms with Gasteiger partial charge in [0.05, 0.1) is 7.11 Å². The maximum Gasteiger partial charge on any atom is 0.161 e. The van der Waals surface area contributed by atoms with E-state index in [-0.39, 0.29) is 0 Å². The van der Waals surface area contributed by atoms with Gasteiger partial charge < -0.3 is 19.5 Å². The van der Waals surface area contributed by atoms with Crippen molar-refractivity contribution in [2.45, 2.75) is 20.1 Å². The fourth-order valence-electron chi connectivity index (χ4n) is 2.77. The lowest BCUT2D eigenvalue weighted by atomic mass is 10.2. The van der Waals surface area contributed by atoms with Crippen LogP contribution in [0.5, 0.6) is 17.2 Å². The minimum absolute atomic E-state index is 0.450. The molecule has 5 nitrogen and oxygen atoms in total. The summed E-state index contributed by atoms with van der Waals surface area (Å²) in [7, 11) is 1.65. The third-order valence-corrected chi connectivity index (χ3v) is 4.21. The molecule has 0 saturated carbocycles. The number of nitrogens with one attached hydrogen (secondary N) is 1. The first-order valence-electron chi connectivity index (χ1n) is 9.33. The van der Waals surface area contributed by atoms with Gasteiger partial charge in [-0.25, -0.2) is 0 Å². The highest BCUT2D eigenvalue weighted by Gasteiger charge is 2.06. The molecule has 0 fully saturated rings. The highest BCUT2D eigenvalue weighted by atomic mass is 16.5. The van der Waals surface area contributed by atoms with Gasteiger partial charge in [-0.2, -0.15) is 0 Å². The third-order valence-electron chi connectivity index (χ3n) is 4.21. The average molecular weight is 378 g/mol. The molecule has 2 aromatic carbocycles. The van der Waals surface area contributed by atoms with E-state index in [0.717, 1.165) is 41.5 Å². The minimum atomic E-state index is 0.450. The Labute approximate surface area is 166 Å². The molecule has 3 aromatic rings. The fourth-order valence-corrected chi connectivity index (χ4v) is 2.77. The number of ether oxygens (including phenoxy) is 3. The Kier molecular flexibility index (Phi) is 7.27. The molecule has 0 spiro atoms.